The fourth-order valence-electron chi connectivity index (χ4n) is 1.28. The second-order valence-corrected chi connectivity index (χ2v) is 7.37. The summed E-state index contributed by atoms with van der Waals surface area (Å²) in [5.74, 6) is 0. The molecule has 1 atom stereocenters. The van der Waals surface area contributed by atoms with E-state index in [1.807, 2.05) is 0 Å². The van der Waals surface area contributed by atoms with Gasteiger partial charge in [0.15, 0.2) is 11.1 Å². The molecule has 0 bridgehead atoms. The summed E-state index contributed by atoms with van der Waals surface area (Å²) in [5, 5.41) is 0. The Kier molecular flexibility index (Phi) is 5.98. The quantitative estimate of drug-likeness (QED) is 0.511. The molecule has 0 saturated heterocycles. The third-order valence-electron chi connectivity index (χ3n) is 2.14. The van der Waals surface area contributed by atoms with Crippen LogP contribution in [0.15, 0.2) is 28.0 Å². The Hall–Kier alpha value is -0.890. The molecule has 0 radical (unpaired) electrons. The highest BCUT2D eigenvalue weighted by Crippen LogP contribution is 2.19. The lowest BCUT2D eigenvalue weighted by molar-refractivity contribution is 0.212. The van der Waals surface area contributed by atoms with Crippen LogP contribution in [0, 0.1) is 6.92 Å². The largest absolute Gasteiger partial charge is 0.397 e. The third-order valence-corrected chi connectivity index (χ3v) is 4.62. The molecule has 0 fully saturated rings. The van der Waals surface area contributed by atoms with Crippen LogP contribution >= 0.6 is 0 Å². The highest BCUT2D eigenvalue weighted by Gasteiger charge is 2.16. The maximum absolute atomic E-state index is 11.7. The molecule has 0 heterocycles. The molecule has 0 aromatic heterocycles. The first-order valence-electron chi connectivity index (χ1n) is 5.26. The Labute approximate surface area is 124 Å². The monoisotopic (exact) mass is 360 g/mol. The van der Waals surface area contributed by atoms with Crippen molar-refractivity contribution >= 4 is 31.6 Å². The van der Waals surface area contributed by atoms with Crippen LogP contribution < -0.4 is 0 Å². The van der Waals surface area contributed by atoms with Crippen LogP contribution in [-0.4, -0.2) is 43.4 Å². The van der Waals surface area contributed by atoms with Gasteiger partial charge in [0.2, 0.25) is 0 Å². The second-order valence-electron chi connectivity index (χ2n) is 3.71. The molecule has 0 saturated carbocycles. The van der Waals surface area contributed by atoms with Gasteiger partial charge in [0.1, 0.15) is 0 Å². The molecule has 0 aliphatic carbocycles. The minimum atomic E-state index is -4.61. The van der Waals surface area contributed by atoms with Crippen LogP contribution in [0.4, 0.5) is 0 Å². The summed E-state index contributed by atoms with van der Waals surface area (Å²) in [5.41, 5.74) is 0.257. The lowest BCUT2D eigenvalue weighted by Gasteiger charge is -2.06. The fraction of sp³-hybridized carbons (Fsp3) is 0.333. The van der Waals surface area contributed by atoms with Crippen LogP contribution in [0.1, 0.15) is 5.56 Å². The molecule has 12 heteroatoms. The van der Waals surface area contributed by atoms with Crippen molar-refractivity contribution in [2.75, 3.05) is 13.2 Å². The van der Waals surface area contributed by atoms with Crippen molar-refractivity contribution in [2.45, 2.75) is 16.7 Å². The molecule has 1 aromatic carbocycles. The van der Waals surface area contributed by atoms with Gasteiger partial charge in [0, 0.05) is 0 Å². The summed E-state index contributed by atoms with van der Waals surface area (Å²) in [7, 11) is -9.07. The van der Waals surface area contributed by atoms with Gasteiger partial charge in [-0.05, 0) is 24.6 Å². The van der Waals surface area contributed by atoms with Crippen molar-refractivity contribution < 1.29 is 38.5 Å². The van der Waals surface area contributed by atoms with Crippen molar-refractivity contribution in [1.29, 1.82) is 0 Å². The van der Waals surface area contributed by atoms with Gasteiger partial charge in [-0.1, -0.05) is 6.07 Å². The molecular weight excluding hydrogens is 348 g/mol. The van der Waals surface area contributed by atoms with Gasteiger partial charge < -0.3 is 0 Å². The molecule has 120 valence electrons. The highest BCUT2D eigenvalue weighted by molar-refractivity contribution is 7.86. The Morgan fingerprint density at radius 1 is 1.14 bits per heavy atom. The summed E-state index contributed by atoms with van der Waals surface area (Å²) < 4.78 is 80.3. The van der Waals surface area contributed by atoms with Gasteiger partial charge in [-0.25, -0.2) is 8.39 Å². The van der Waals surface area contributed by atoms with E-state index in [1.54, 1.807) is 0 Å². The summed E-state index contributed by atoms with van der Waals surface area (Å²) in [6.45, 7) is 0.444. The predicted molar refractivity (Wildman–Crippen MR) is 70.9 cm³/mol. The standard InChI is InChI=1S/C9H12O9S3/c1-7-2-3-8(6-9(7)20(11,12)13)19(10)17-4-5-18-21(14,15)16/h2-3,6H,4-5H2,1H3,(H,11,12,13)(H,14,15,16). The zero-order chi connectivity index (χ0) is 16.3. The fourth-order valence-corrected chi connectivity index (χ4v) is 3.13. The Balaban J connectivity index is 2.76. The van der Waals surface area contributed by atoms with Crippen molar-refractivity contribution in [1.82, 2.24) is 0 Å². The molecule has 2 N–H and O–H groups in total. The lowest BCUT2D eigenvalue weighted by Crippen LogP contribution is -2.11. The number of hydrogen-bond donors (Lipinski definition) is 2. The normalized spacial score (nSPS) is 14.0. The molecule has 21 heavy (non-hydrogen) atoms. The molecule has 1 unspecified atom stereocenters. The van der Waals surface area contributed by atoms with Crippen molar-refractivity contribution in [3.8, 4) is 0 Å². The Morgan fingerprint density at radius 3 is 2.29 bits per heavy atom. The topological polar surface area (TPSA) is 144 Å². The van der Waals surface area contributed by atoms with Gasteiger partial charge in [-0.3, -0.25) is 13.3 Å². The molecule has 0 aliphatic heterocycles. The number of aryl methyl sites for hydroxylation is 1. The first kappa shape index (κ1) is 18.2. The smallest absolute Gasteiger partial charge is 0.284 e. The van der Waals surface area contributed by atoms with Crippen molar-refractivity contribution in [3.63, 3.8) is 0 Å². The van der Waals surface area contributed by atoms with E-state index in [1.165, 1.54) is 19.1 Å². The van der Waals surface area contributed by atoms with E-state index >= 15 is 0 Å². The van der Waals surface area contributed by atoms with E-state index in [4.69, 9.17) is 13.3 Å². The molecule has 1 aromatic rings. The zero-order valence-corrected chi connectivity index (χ0v) is 13.1. The van der Waals surface area contributed by atoms with E-state index in [2.05, 4.69) is 4.18 Å². The maximum atomic E-state index is 11.7. The van der Waals surface area contributed by atoms with E-state index in [-0.39, 0.29) is 10.5 Å². The summed E-state index contributed by atoms with van der Waals surface area (Å²) in [6.07, 6.45) is 0. The molecule has 1 rings (SSSR count). The highest BCUT2D eigenvalue weighted by atomic mass is 32.3. The molecule has 9 nitrogen and oxygen atoms in total. The number of hydrogen-bond acceptors (Lipinski definition) is 7. The van der Waals surface area contributed by atoms with Gasteiger partial charge >= 0.3 is 10.4 Å². The van der Waals surface area contributed by atoms with Crippen LogP contribution in [0.2, 0.25) is 0 Å². The van der Waals surface area contributed by atoms with Crippen molar-refractivity contribution in [3.05, 3.63) is 23.8 Å². The average Bonchev–Trinajstić information content (AvgIpc) is 2.32. The Morgan fingerprint density at radius 2 is 1.76 bits per heavy atom. The predicted octanol–water partition coefficient (Wildman–Crippen LogP) is 0.100. The first-order valence-corrected chi connectivity index (χ1v) is 9.14. The molecule has 0 spiro atoms. The van der Waals surface area contributed by atoms with E-state index < -0.39 is 49.7 Å². The summed E-state index contributed by atoms with van der Waals surface area (Å²) >= 11 is -2.10. The minimum absolute atomic E-state index is 0.0416. The lowest BCUT2D eigenvalue weighted by atomic mass is 10.2. The maximum Gasteiger partial charge on any atom is 0.397 e. The third kappa shape index (κ3) is 6.17. The second kappa shape index (κ2) is 6.91. The SMILES string of the molecule is Cc1ccc(S(=O)OCCOS(=O)(=O)O)cc1S(=O)(=O)O. The molecule has 0 aliphatic rings. The minimum Gasteiger partial charge on any atom is -0.284 e. The number of rotatable bonds is 7. The first-order chi connectivity index (χ1) is 9.50. The summed E-state index contributed by atoms with van der Waals surface area (Å²) in [6, 6.07) is 3.63. The van der Waals surface area contributed by atoms with E-state index in [0.717, 1.165) is 6.07 Å². The molecule has 0 amide bonds. The summed E-state index contributed by atoms with van der Waals surface area (Å²) in [4.78, 5) is -0.453. The van der Waals surface area contributed by atoms with Gasteiger partial charge in [-0.15, -0.1) is 0 Å². The average molecular weight is 360 g/mol. The zero-order valence-electron chi connectivity index (χ0n) is 10.6. The van der Waals surface area contributed by atoms with Crippen LogP contribution in [0.25, 0.3) is 0 Å². The van der Waals surface area contributed by atoms with Gasteiger partial charge in [0.25, 0.3) is 10.1 Å². The van der Waals surface area contributed by atoms with Gasteiger partial charge in [-0.2, -0.15) is 16.8 Å². The van der Waals surface area contributed by atoms with Crippen LogP contribution in [0.3, 0.4) is 0 Å². The van der Waals surface area contributed by atoms with E-state index in [0.29, 0.717) is 0 Å². The van der Waals surface area contributed by atoms with Crippen LogP contribution in [0.5, 0.6) is 0 Å². The van der Waals surface area contributed by atoms with E-state index in [9.17, 15) is 21.0 Å². The van der Waals surface area contributed by atoms with Crippen molar-refractivity contribution in [2.24, 2.45) is 0 Å². The Bertz CT molecular complexity index is 736. The van der Waals surface area contributed by atoms with Gasteiger partial charge in [0.05, 0.1) is 23.0 Å². The number of benzene rings is 1. The molecular formula is C9H12O9S3. The van der Waals surface area contributed by atoms with Crippen LogP contribution in [-0.2, 0) is 40.0 Å².